The minimum atomic E-state index is 0.334. The van der Waals surface area contributed by atoms with Crippen LogP contribution in [-0.4, -0.2) is 11.7 Å². The standard InChI is InChI=1S/C10H9BrO2S/c1-2-13-8-5-9-6(3-7(8)11)4-10(12)14-9/h3-5,12H,2H2,1H3. The molecule has 0 spiro atoms. The average molecular weight is 273 g/mol. The quantitative estimate of drug-likeness (QED) is 0.902. The fourth-order valence-corrected chi connectivity index (χ4v) is 2.58. The van der Waals surface area contributed by atoms with Gasteiger partial charge in [0.1, 0.15) is 5.75 Å². The molecule has 0 aliphatic carbocycles. The van der Waals surface area contributed by atoms with Gasteiger partial charge in [-0.1, -0.05) is 11.3 Å². The van der Waals surface area contributed by atoms with E-state index < -0.39 is 0 Å². The normalized spacial score (nSPS) is 10.7. The van der Waals surface area contributed by atoms with E-state index in [4.69, 9.17) is 4.74 Å². The Labute approximate surface area is 94.3 Å². The lowest BCUT2D eigenvalue weighted by atomic mass is 10.2. The van der Waals surface area contributed by atoms with Crippen molar-refractivity contribution in [2.75, 3.05) is 6.61 Å². The summed E-state index contributed by atoms with van der Waals surface area (Å²) < 4.78 is 7.39. The third-order valence-electron chi connectivity index (χ3n) is 1.86. The van der Waals surface area contributed by atoms with Gasteiger partial charge in [-0.25, -0.2) is 0 Å². The molecular weight excluding hydrogens is 264 g/mol. The topological polar surface area (TPSA) is 29.5 Å². The first kappa shape index (κ1) is 9.80. The SMILES string of the molecule is CCOc1cc2sc(O)cc2cc1Br. The van der Waals surface area contributed by atoms with Crippen LogP contribution in [0, 0.1) is 0 Å². The molecule has 0 aliphatic rings. The first-order chi connectivity index (χ1) is 6.70. The van der Waals surface area contributed by atoms with Gasteiger partial charge in [0, 0.05) is 4.70 Å². The van der Waals surface area contributed by atoms with Crippen molar-refractivity contribution in [2.24, 2.45) is 0 Å². The second-order valence-corrected chi connectivity index (χ2v) is 4.75. The number of fused-ring (bicyclic) bond motifs is 1. The van der Waals surface area contributed by atoms with Crippen LogP contribution in [0.4, 0.5) is 0 Å². The zero-order chi connectivity index (χ0) is 10.1. The van der Waals surface area contributed by atoms with Gasteiger partial charge in [0.25, 0.3) is 0 Å². The van der Waals surface area contributed by atoms with Crippen molar-refractivity contribution >= 4 is 37.4 Å². The summed E-state index contributed by atoms with van der Waals surface area (Å²) in [7, 11) is 0. The molecule has 1 aromatic heterocycles. The van der Waals surface area contributed by atoms with Crippen molar-refractivity contribution in [2.45, 2.75) is 6.92 Å². The lowest BCUT2D eigenvalue weighted by molar-refractivity contribution is 0.338. The van der Waals surface area contributed by atoms with Crippen LogP contribution in [0.5, 0.6) is 10.8 Å². The summed E-state index contributed by atoms with van der Waals surface area (Å²) in [5.74, 6) is 0.821. The summed E-state index contributed by atoms with van der Waals surface area (Å²) >= 11 is 4.78. The monoisotopic (exact) mass is 272 g/mol. The van der Waals surface area contributed by atoms with Crippen molar-refractivity contribution in [3.05, 3.63) is 22.7 Å². The average Bonchev–Trinajstić information content (AvgIpc) is 2.45. The van der Waals surface area contributed by atoms with Crippen LogP contribution in [-0.2, 0) is 0 Å². The molecule has 74 valence electrons. The Hall–Kier alpha value is -0.740. The molecule has 4 heteroatoms. The molecule has 0 saturated heterocycles. The Morgan fingerprint density at radius 3 is 2.93 bits per heavy atom. The molecule has 2 aromatic rings. The minimum absolute atomic E-state index is 0.334. The Bertz CT molecular complexity index is 464. The van der Waals surface area contributed by atoms with Crippen molar-refractivity contribution in [1.82, 2.24) is 0 Å². The van der Waals surface area contributed by atoms with Crippen molar-refractivity contribution in [3.63, 3.8) is 0 Å². The van der Waals surface area contributed by atoms with Crippen LogP contribution in [0.3, 0.4) is 0 Å². The smallest absolute Gasteiger partial charge is 0.172 e. The molecule has 0 saturated carbocycles. The Morgan fingerprint density at radius 2 is 2.21 bits per heavy atom. The zero-order valence-corrected chi connectivity index (χ0v) is 9.98. The number of hydrogen-bond donors (Lipinski definition) is 1. The summed E-state index contributed by atoms with van der Waals surface area (Å²) in [6.45, 7) is 2.59. The van der Waals surface area contributed by atoms with Gasteiger partial charge in [-0.15, -0.1) is 0 Å². The first-order valence-corrected chi connectivity index (χ1v) is 5.86. The maximum Gasteiger partial charge on any atom is 0.172 e. The lowest BCUT2D eigenvalue weighted by Crippen LogP contribution is -1.91. The van der Waals surface area contributed by atoms with Crippen LogP contribution >= 0.6 is 27.3 Å². The fourth-order valence-electron chi connectivity index (χ4n) is 1.29. The largest absolute Gasteiger partial charge is 0.499 e. The summed E-state index contributed by atoms with van der Waals surface area (Å²) in [5.41, 5.74) is 0. The molecule has 0 atom stereocenters. The van der Waals surface area contributed by atoms with Crippen molar-refractivity contribution in [3.8, 4) is 10.8 Å². The van der Waals surface area contributed by atoms with E-state index in [-0.39, 0.29) is 0 Å². The van der Waals surface area contributed by atoms with Gasteiger partial charge in [-0.2, -0.15) is 0 Å². The predicted molar refractivity (Wildman–Crippen MR) is 62.4 cm³/mol. The second-order valence-electron chi connectivity index (χ2n) is 2.84. The molecular formula is C10H9BrO2S. The van der Waals surface area contributed by atoms with Gasteiger partial charge in [0.15, 0.2) is 5.06 Å². The lowest BCUT2D eigenvalue weighted by Gasteiger charge is -2.04. The van der Waals surface area contributed by atoms with E-state index in [0.29, 0.717) is 11.7 Å². The molecule has 1 heterocycles. The van der Waals surface area contributed by atoms with Gasteiger partial charge >= 0.3 is 0 Å². The molecule has 0 aliphatic heterocycles. The van der Waals surface area contributed by atoms with Crippen LogP contribution in [0.1, 0.15) is 6.92 Å². The Morgan fingerprint density at radius 1 is 1.43 bits per heavy atom. The molecule has 0 radical (unpaired) electrons. The van der Waals surface area contributed by atoms with Gasteiger partial charge in [-0.3, -0.25) is 0 Å². The summed E-state index contributed by atoms with van der Waals surface area (Å²) in [4.78, 5) is 0. The second kappa shape index (κ2) is 3.79. The molecule has 0 amide bonds. The van der Waals surface area contributed by atoms with E-state index in [1.54, 1.807) is 6.07 Å². The fraction of sp³-hybridized carbons (Fsp3) is 0.200. The van der Waals surface area contributed by atoms with Crippen molar-refractivity contribution in [1.29, 1.82) is 0 Å². The highest BCUT2D eigenvalue weighted by molar-refractivity contribution is 9.10. The number of benzene rings is 1. The summed E-state index contributed by atoms with van der Waals surface area (Å²) in [5, 5.41) is 10.7. The van der Waals surface area contributed by atoms with E-state index in [1.165, 1.54) is 11.3 Å². The van der Waals surface area contributed by atoms with Gasteiger partial charge in [0.2, 0.25) is 0 Å². The summed E-state index contributed by atoms with van der Waals surface area (Å²) in [6, 6.07) is 5.64. The number of hydrogen-bond acceptors (Lipinski definition) is 3. The number of halogens is 1. The van der Waals surface area contributed by atoms with Gasteiger partial charge < -0.3 is 9.84 Å². The van der Waals surface area contributed by atoms with E-state index >= 15 is 0 Å². The highest BCUT2D eigenvalue weighted by atomic mass is 79.9. The third kappa shape index (κ3) is 1.72. The first-order valence-electron chi connectivity index (χ1n) is 4.25. The molecule has 2 nitrogen and oxygen atoms in total. The minimum Gasteiger partial charge on any atom is -0.499 e. The number of thiophene rings is 1. The summed E-state index contributed by atoms with van der Waals surface area (Å²) in [6.07, 6.45) is 0. The van der Waals surface area contributed by atoms with E-state index in [1.807, 2.05) is 19.1 Å². The molecule has 0 fully saturated rings. The highest BCUT2D eigenvalue weighted by Gasteiger charge is 2.06. The maximum absolute atomic E-state index is 9.33. The van der Waals surface area contributed by atoms with Gasteiger partial charge in [-0.05, 0) is 46.4 Å². The Kier molecular flexibility index (Phi) is 2.65. The maximum atomic E-state index is 9.33. The Balaban J connectivity index is 2.58. The van der Waals surface area contributed by atoms with Gasteiger partial charge in [0.05, 0.1) is 11.1 Å². The number of aromatic hydroxyl groups is 1. The molecule has 0 bridgehead atoms. The third-order valence-corrected chi connectivity index (χ3v) is 3.38. The van der Waals surface area contributed by atoms with E-state index in [0.717, 1.165) is 20.3 Å². The van der Waals surface area contributed by atoms with E-state index in [2.05, 4.69) is 15.9 Å². The molecule has 14 heavy (non-hydrogen) atoms. The zero-order valence-electron chi connectivity index (χ0n) is 7.58. The highest BCUT2D eigenvalue weighted by Crippen LogP contribution is 2.37. The van der Waals surface area contributed by atoms with E-state index in [9.17, 15) is 5.11 Å². The molecule has 2 rings (SSSR count). The van der Waals surface area contributed by atoms with Crippen molar-refractivity contribution < 1.29 is 9.84 Å². The van der Waals surface area contributed by atoms with Crippen LogP contribution in [0.2, 0.25) is 0 Å². The number of ether oxygens (including phenoxy) is 1. The predicted octanol–water partition coefficient (Wildman–Crippen LogP) is 3.77. The van der Waals surface area contributed by atoms with Crippen LogP contribution in [0.15, 0.2) is 22.7 Å². The molecule has 1 N–H and O–H groups in total. The van der Waals surface area contributed by atoms with Crippen LogP contribution in [0.25, 0.3) is 10.1 Å². The molecule has 0 unspecified atom stereocenters. The van der Waals surface area contributed by atoms with Crippen LogP contribution < -0.4 is 4.74 Å². The molecule has 1 aromatic carbocycles. The number of rotatable bonds is 2.